The van der Waals surface area contributed by atoms with Gasteiger partial charge in [-0.2, -0.15) is 5.26 Å². The van der Waals surface area contributed by atoms with Crippen molar-refractivity contribution < 1.29 is 0 Å². The van der Waals surface area contributed by atoms with Crippen LogP contribution in [0.3, 0.4) is 0 Å². The van der Waals surface area contributed by atoms with Crippen molar-refractivity contribution in [2.45, 2.75) is 26.3 Å². The number of anilines is 2. The molecule has 0 aliphatic rings. The molecule has 0 aromatic heterocycles. The van der Waals surface area contributed by atoms with Crippen LogP contribution in [0.15, 0.2) is 18.2 Å². The fraction of sp³-hybridized carbons (Fsp3) is 0.417. The van der Waals surface area contributed by atoms with E-state index in [9.17, 15) is 0 Å². The summed E-state index contributed by atoms with van der Waals surface area (Å²) in [5, 5.41) is 9.27. The first-order valence-electron chi connectivity index (χ1n) is 5.25. The van der Waals surface area contributed by atoms with Gasteiger partial charge >= 0.3 is 0 Å². The van der Waals surface area contributed by atoms with E-state index < -0.39 is 0 Å². The maximum atomic E-state index is 8.64. The van der Waals surface area contributed by atoms with E-state index >= 15 is 0 Å². The van der Waals surface area contributed by atoms with Crippen LogP contribution in [0.5, 0.6) is 0 Å². The zero-order chi connectivity index (χ0) is 12.1. The molecule has 0 heterocycles. The van der Waals surface area contributed by atoms with Crippen molar-refractivity contribution >= 4 is 23.0 Å². The molecule has 2 N–H and O–H groups in total. The van der Waals surface area contributed by atoms with E-state index in [1.807, 2.05) is 18.2 Å². The highest BCUT2D eigenvalue weighted by Crippen LogP contribution is 2.33. The van der Waals surface area contributed by atoms with Crippen LogP contribution in [-0.2, 0) is 0 Å². The van der Waals surface area contributed by atoms with Crippen LogP contribution in [0.25, 0.3) is 0 Å². The average Bonchev–Trinajstić information content (AvgIpc) is 2.21. The van der Waals surface area contributed by atoms with E-state index in [0.717, 1.165) is 5.69 Å². The molecule has 0 amide bonds. The molecule has 0 aliphatic carbocycles. The van der Waals surface area contributed by atoms with Gasteiger partial charge in [0.1, 0.15) is 0 Å². The number of hydrogen-bond acceptors (Lipinski definition) is 3. The SMILES string of the molecule is CC(C)N(CCC#N)c1c(N)cccc1Cl. The second-order valence-electron chi connectivity index (χ2n) is 3.87. The number of nitrogens with two attached hydrogens (primary N) is 1. The van der Waals surface area contributed by atoms with Crippen LogP contribution in [0.2, 0.25) is 5.02 Å². The minimum absolute atomic E-state index is 0.260. The molecule has 0 aliphatic heterocycles. The summed E-state index contributed by atoms with van der Waals surface area (Å²) in [5.74, 6) is 0. The van der Waals surface area contributed by atoms with Gasteiger partial charge in [0, 0.05) is 12.6 Å². The molecule has 3 nitrogen and oxygen atoms in total. The summed E-state index contributed by atoms with van der Waals surface area (Å²) >= 11 is 6.14. The molecule has 1 aromatic rings. The van der Waals surface area contributed by atoms with Crippen molar-refractivity contribution in [3.63, 3.8) is 0 Å². The van der Waals surface area contributed by atoms with Gasteiger partial charge in [-0.1, -0.05) is 17.7 Å². The Morgan fingerprint density at radius 1 is 1.50 bits per heavy atom. The first kappa shape index (κ1) is 12.7. The fourth-order valence-electron chi connectivity index (χ4n) is 1.63. The lowest BCUT2D eigenvalue weighted by Gasteiger charge is -2.30. The molecule has 0 unspecified atom stereocenters. The minimum Gasteiger partial charge on any atom is -0.397 e. The highest BCUT2D eigenvalue weighted by molar-refractivity contribution is 6.34. The van der Waals surface area contributed by atoms with Crippen molar-refractivity contribution in [1.29, 1.82) is 5.26 Å². The minimum atomic E-state index is 0.260. The Morgan fingerprint density at radius 3 is 2.69 bits per heavy atom. The molecule has 0 radical (unpaired) electrons. The van der Waals surface area contributed by atoms with Gasteiger partial charge in [0.2, 0.25) is 0 Å². The Hall–Kier alpha value is -1.40. The quantitative estimate of drug-likeness (QED) is 0.819. The Morgan fingerprint density at radius 2 is 2.19 bits per heavy atom. The van der Waals surface area contributed by atoms with Crippen molar-refractivity contribution in [3.05, 3.63) is 23.2 Å². The first-order valence-corrected chi connectivity index (χ1v) is 5.63. The van der Waals surface area contributed by atoms with E-state index in [2.05, 4.69) is 24.8 Å². The van der Waals surface area contributed by atoms with Gasteiger partial charge in [-0.3, -0.25) is 0 Å². The molecule has 86 valence electrons. The fourth-order valence-corrected chi connectivity index (χ4v) is 1.92. The molecule has 16 heavy (non-hydrogen) atoms. The van der Waals surface area contributed by atoms with Crippen LogP contribution in [0, 0.1) is 11.3 Å². The van der Waals surface area contributed by atoms with Crippen LogP contribution < -0.4 is 10.6 Å². The molecule has 1 aromatic carbocycles. The van der Waals surface area contributed by atoms with Gasteiger partial charge in [-0.15, -0.1) is 0 Å². The molecular formula is C12H16ClN3. The third-order valence-electron chi connectivity index (χ3n) is 2.39. The van der Waals surface area contributed by atoms with Gasteiger partial charge < -0.3 is 10.6 Å². The highest BCUT2D eigenvalue weighted by atomic mass is 35.5. The third kappa shape index (κ3) is 2.80. The van der Waals surface area contributed by atoms with E-state index in [1.54, 1.807) is 0 Å². The number of rotatable bonds is 4. The summed E-state index contributed by atoms with van der Waals surface area (Å²) in [6, 6.07) is 7.86. The van der Waals surface area contributed by atoms with E-state index in [0.29, 0.717) is 23.7 Å². The Bertz CT molecular complexity index is 375. The normalized spacial score (nSPS) is 10.2. The zero-order valence-corrected chi connectivity index (χ0v) is 10.3. The van der Waals surface area contributed by atoms with Crippen LogP contribution >= 0.6 is 11.6 Å². The molecule has 1 rings (SSSR count). The van der Waals surface area contributed by atoms with Gasteiger partial charge in [0.15, 0.2) is 0 Å². The Balaban J connectivity index is 3.06. The first-order chi connectivity index (χ1) is 7.57. The van der Waals surface area contributed by atoms with E-state index in [-0.39, 0.29) is 6.04 Å². The number of benzene rings is 1. The maximum Gasteiger partial charge on any atom is 0.0791 e. The van der Waals surface area contributed by atoms with Crippen LogP contribution in [-0.4, -0.2) is 12.6 Å². The van der Waals surface area contributed by atoms with Crippen LogP contribution in [0.4, 0.5) is 11.4 Å². The number of nitriles is 1. The highest BCUT2D eigenvalue weighted by Gasteiger charge is 2.15. The second kappa shape index (κ2) is 5.62. The molecular weight excluding hydrogens is 222 g/mol. The number of halogens is 1. The number of hydrogen-bond donors (Lipinski definition) is 1. The van der Waals surface area contributed by atoms with Crippen molar-refractivity contribution in [3.8, 4) is 6.07 Å². The monoisotopic (exact) mass is 237 g/mol. The summed E-state index contributed by atoms with van der Waals surface area (Å²) in [4.78, 5) is 2.06. The lowest BCUT2D eigenvalue weighted by molar-refractivity contribution is 0.688. The molecule has 0 fully saturated rings. The van der Waals surface area contributed by atoms with Crippen molar-refractivity contribution in [2.24, 2.45) is 0 Å². The lowest BCUT2D eigenvalue weighted by Crippen LogP contribution is -2.32. The maximum absolute atomic E-state index is 8.64. The van der Waals surface area contributed by atoms with Crippen molar-refractivity contribution in [2.75, 3.05) is 17.2 Å². The summed E-state index contributed by atoms with van der Waals surface area (Å²) in [6.45, 7) is 4.75. The summed E-state index contributed by atoms with van der Waals surface area (Å²) in [5.41, 5.74) is 7.40. The molecule has 0 saturated carbocycles. The van der Waals surface area contributed by atoms with Gasteiger partial charge in [0.05, 0.1) is 28.9 Å². The van der Waals surface area contributed by atoms with E-state index in [1.165, 1.54) is 0 Å². The topological polar surface area (TPSA) is 53.0 Å². The predicted molar refractivity (Wildman–Crippen MR) is 68.6 cm³/mol. The van der Waals surface area contributed by atoms with Gasteiger partial charge in [-0.05, 0) is 26.0 Å². The largest absolute Gasteiger partial charge is 0.397 e. The number of nitrogen functional groups attached to an aromatic ring is 1. The molecule has 0 bridgehead atoms. The molecule has 0 saturated heterocycles. The zero-order valence-electron chi connectivity index (χ0n) is 9.57. The summed E-state index contributed by atoms with van der Waals surface area (Å²) < 4.78 is 0. The van der Waals surface area contributed by atoms with Gasteiger partial charge in [0.25, 0.3) is 0 Å². The van der Waals surface area contributed by atoms with E-state index in [4.69, 9.17) is 22.6 Å². The lowest BCUT2D eigenvalue weighted by atomic mass is 10.2. The number of para-hydroxylation sites is 1. The smallest absolute Gasteiger partial charge is 0.0791 e. The molecule has 0 atom stereocenters. The molecule has 0 spiro atoms. The van der Waals surface area contributed by atoms with Crippen molar-refractivity contribution in [1.82, 2.24) is 0 Å². The molecule has 4 heteroatoms. The van der Waals surface area contributed by atoms with Crippen LogP contribution in [0.1, 0.15) is 20.3 Å². The Labute approximate surface area is 101 Å². The predicted octanol–water partition coefficient (Wildman–Crippen LogP) is 3.05. The summed E-state index contributed by atoms with van der Waals surface area (Å²) in [6.07, 6.45) is 0.461. The Kier molecular flexibility index (Phi) is 4.45. The standard InChI is InChI=1S/C12H16ClN3/c1-9(2)16(8-4-7-14)12-10(13)5-3-6-11(12)15/h3,5-6,9H,4,8,15H2,1-2H3. The number of nitrogens with zero attached hydrogens (tertiary/aromatic N) is 2. The van der Waals surface area contributed by atoms with Gasteiger partial charge in [-0.25, -0.2) is 0 Å². The second-order valence-corrected chi connectivity index (χ2v) is 4.28. The summed E-state index contributed by atoms with van der Waals surface area (Å²) in [7, 11) is 0. The third-order valence-corrected chi connectivity index (χ3v) is 2.70. The average molecular weight is 238 g/mol.